The first-order valence-electron chi connectivity index (χ1n) is 11.2. The Morgan fingerprint density at radius 3 is 2.41 bits per heavy atom. The first-order chi connectivity index (χ1) is 15.6. The molecule has 7 heteroatoms. The average Bonchev–Trinajstić information content (AvgIpc) is 3.04. The van der Waals surface area contributed by atoms with Gasteiger partial charge in [-0.2, -0.15) is 0 Å². The second kappa shape index (κ2) is 10.1. The summed E-state index contributed by atoms with van der Waals surface area (Å²) >= 11 is 5.80. The maximum atomic E-state index is 13.5. The fourth-order valence-electron chi connectivity index (χ4n) is 4.55. The summed E-state index contributed by atoms with van der Waals surface area (Å²) in [5, 5.41) is 3.44. The molecular formula is C25H29N3O3S. The maximum absolute atomic E-state index is 13.5. The number of thiocarbonyl (C=S) groups is 1. The van der Waals surface area contributed by atoms with Gasteiger partial charge >= 0.3 is 0 Å². The zero-order valence-corrected chi connectivity index (χ0v) is 19.1. The molecule has 1 atom stereocenters. The molecule has 1 aliphatic heterocycles. The summed E-state index contributed by atoms with van der Waals surface area (Å²) in [5.41, 5.74) is 1.73. The molecule has 1 N–H and O–H groups in total. The minimum Gasteiger partial charge on any atom is -0.497 e. The Morgan fingerprint density at radius 1 is 1.06 bits per heavy atom. The molecule has 0 radical (unpaired) electrons. The molecule has 0 aromatic heterocycles. The number of ether oxygens (including phenoxy) is 1. The Morgan fingerprint density at radius 2 is 1.75 bits per heavy atom. The van der Waals surface area contributed by atoms with E-state index in [1.54, 1.807) is 12.0 Å². The van der Waals surface area contributed by atoms with Crippen molar-refractivity contribution in [2.45, 2.75) is 57.2 Å². The van der Waals surface area contributed by atoms with Crippen molar-refractivity contribution < 1.29 is 14.3 Å². The van der Waals surface area contributed by atoms with E-state index in [9.17, 15) is 9.59 Å². The van der Waals surface area contributed by atoms with E-state index >= 15 is 0 Å². The van der Waals surface area contributed by atoms with Gasteiger partial charge < -0.3 is 15.0 Å². The van der Waals surface area contributed by atoms with Gasteiger partial charge in [0.2, 0.25) is 5.91 Å². The maximum Gasteiger partial charge on any atom is 0.252 e. The number of benzene rings is 2. The Balaban J connectivity index is 1.54. The van der Waals surface area contributed by atoms with Crippen molar-refractivity contribution in [3.63, 3.8) is 0 Å². The average molecular weight is 452 g/mol. The van der Waals surface area contributed by atoms with Crippen LogP contribution in [0.3, 0.4) is 0 Å². The van der Waals surface area contributed by atoms with E-state index in [0.717, 1.165) is 42.7 Å². The van der Waals surface area contributed by atoms with Gasteiger partial charge in [0.05, 0.1) is 13.5 Å². The van der Waals surface area contributed by atoms with Crippen molar-refractivity contribution in [2.75, 3.05) is 12.4 Å². The van der Waals surface area contributed by atoms with Crippen LogP contribution in [0.1, 0.15) is 44.1 Å². The molecule has 1 saturated heterocycles. The van der Waals surface area contributed by atoms with Gasteiger partial charge in [0.1, 0.15) is 11.8 Å². The standard InChI is InChI=1S/C25H29N3O3S/c1-31-21-14-12-18(13-15-21)17-27-22(16-23(29)26-19-8-4-2-5-9-19)24(30)28(25(27)32)20-10-6-3-7-11-20/h2,4-5,8-9,12-15,20,22H,3,6-7,10-11,16-17H2,1H3,(H,26,29)/t22-/m1/s1. The van der Waals surface area contributed by atoms with Gasteiger partial charge in [0.15, 0.2) is 5.11 Å². The fraction of sp³-hybridized carbons (Fsp3) is 0.400. The highest BCUT2D eigenvalue weighted by Crippen LogP contribution is 2.31. The molecule has 2 fully saturated rings. The Labute approximate surface area is 194 Å². The van der Waals surface area contributed by atoms with Gasteiger partial charge in [-0.05, 0) is 54.9 Å². The number of nitrogens with one attached hydrogen (secondary N) is 1. The van der Waals surface area contributed by atoms with Crippen LogP contribution in [0.15, 0.2) is 54.6 Å². The smallest absolute Gasteiger partial charge is 0.252 e. The van der Waals surface area contributed by atoms with Gasteiger partial charge in [0.25, 0.3) is 5.91 Å². The summed E-state index contributed by atoms with van der Waals surface area (Å²) in [6, 6.07) is 16.6. The molecule has 2 amide bonds. The van der Waals surface area contributed by atoms with Crippen LogP contribution in [0, 0.1) is 0 Å². The minimum absolute atomic E-state index is 0.0568. The van der Waals surface area contributed by atoms with Gasteiger partial charge in [-0.3, -0.25) is 14.5 Å². The highest BCUT2D eigenvalue weighted by Gasteiger charge is 2.46. The van der Waals surface area contributed by atoms with Crippen LogP contribution in [0.4, 0.5) is 5.69 Å². The molecule has 2 aliphatic rings. The molecule has 1 aliphatic carbocycles. The number of carbonyl (C=O) groups excluding carboxylic acids is 2. The van der Waals surface area contributed by atoms with E-state index in [1.807, 2.05) is 59.5 Å². The van der Waals surface area contributed by atoms with Crippen molar-refractivity contribution in [2.24, 2.45) is 0 Å². The quantitative estimate of drug-likeness (QED) is 0.634. The lowest BCUT2D eigenvalue weighted by atomic mass is 9.94. The summed E-state index contributed by atoms with van der Waals surface area (Å²) in [6.07, 6.45) is 5.40. The van der Waals surface area contributed by atoms with Gasteiger partial charge in [-0.15, -0.1) is 0 Å². The number of methoxy groups -OCH3 is 1. The van der Waals surface area contributed by atoms with Crippen molar-refractivity contribution in [3.8, 4) is 5.75 Å². The predicted octanol–water partition coefficient (Wildman–Crippen LogP) is 4.35. The van der Waals surface area contributed by atoms with Crippen molar-refractivity contribution in [1.29, 1.82) is 0 Å². The highest BCUT2D eigenvalue weighted by molar-refractivity contribution is 7.80. The van der Waals surface area contributed by atoms with Gasteiger partial charge in [-0.25, -0.2) is 0 Å². The first-order valence-corrected chi connectivity index (χ1v) is 11.6. The number of amides is 2. The fourth-order valence-corrected chi connectivity index (χ4v) is 4.98. The van der Waals surface area contributed by atoms with Crippen LogP contribution in [0.25, 0.3) is 0 Å². The molecule has 1 saturated carbocycles. The zero-order chi connectivity index (χ0) is 22.5. The molecule has 168 valence electrons. The second-order valence-corrected chi connectivity index (χ2v) is 8.76. The number of carbonyl (C=O) groups is 2. The lowest BCUT2D eigenvalue weighted by Gasteiger charge is -2.31. The molecule has 2 aromatic rings. The lowest BCUT2D eigenvalue weighted by molar-refractivity contribution is -0.132. The molecule has 0 bridgehead atoms. The van der Waals surface area contributed by atoms with Crippen molar-refractivity contribution >= 4 is 34.8 Å². The molecule has 6 nitrogen and oxygen atoms in total. The highest BCUT2D eigenvalue weighted by atomic mass is 32.1. The largest absolute Gasteiger partial charge is 0.497 e. The van der Waals surface area contributed by atoms with Gasteiger partial charge in [-0.1, -0.05) is 49.6 Å². The van der Waals surface area contributed by atoms with E-state index in [2.05, 4.69) is 5.32 Å². The molecule has 32 heavy (non-hydrogen) atoms. The summed E-state index contributed by atoms with van der Waals surface area (Å²) < 4.78 is 5.25. The molecule has 0 unspecified atom stereocenters. The monoisotopic (exact) mass is 451 g/mol. The molecule has 0 spiro atoms. The molecule has 4 rings (SSSR count). The van der Waals surface area contributed by atoms with E-state index in [4.69, 9.17) is 17.0 Å². The first kappa shape index (κ1) is 22.3. The van der Waals surface area contributed by atoms with Gasteiger partial charge in [0, 0.05) is 18.3 Å². The van der Waals surface area contributed by atoms with Crippen molar-refractivity contribution in [3.05, 3.63) is 60.2 Å². The summed E-state index contributed by atoms with van der Waals surface area (Å²) in [5.74, 6) is 0.526. The third-order valence-electron chi connectivity index (χ3n) is 6.24. The Kier molecular flexibility index (Phi) is 7.05. The normalized spacial score (nSPS) is 19.3. The van der Waals surface area contributed by atoms with E-state index in [1.165, 1.54) is 6.42 Å². The second-order valence-electron chi connectivity index (χ2n) is 8.39. The SMILES string of the molecule is COc1ccc(CN2C(=S)N(C3CCCCC3)C(=O)[C@H]2CC(=O)Nc2ccccc2)cc1. The number of anilines is 1. The molecule has 1 heterocycles. The Bertz CT molecular complexity index is 958. The van der Waals surface area contributed by atoms with Crippen LogP contribution >= 0.6 is 12.2 Å². The third kappa shape index (κ3) is 4.93. The van der Waals surface area contributed by atoms with E-state index in [0.29, 0.717) is 11.7 Å². The number of hydrogen-bond donors (Lipinski definition) is 1. The lowest BCUT2D eigenvalue weighted by Crippen LogP contribution is -2.42. The molecule has 2 aromatic carbocycles. The summed E-state index contributed by atoms with van der Waals surface area (Å²) in [7, 11) is 1.63. The zero-order valence-electron chi connectivity index (χ0n) is 18.3. The van der Waals surface area contributed by atoms with E-state index in [-0.39, 0.29) is 24.3 Å². The number of para-hydroxylation sites is 1. The van der Waals surface area contributed by atoms with Crippen LogP contribution in [-0.4, -0.2) is 45.9 Å². The van der Waals surface area contributed by atoms with Crippen LogP contribution < -0.4 is 10.1 Å². The number of hydrogen-bond acceptors (Lipinski definition) is 4. The topological polar surface area (TPSA) is 61.9 Å². The van der Waals surface area contributed by atoms with Crippen molar-refractivity contribution in [1.82, 2.24) is 9.80 Å². The molecular weight excluding hydrogens is 422 g/mol. The van der Waals surface area contributed by atoms with Crippen LogP contribution in [0.5, 0.6) is 5.75 Å². The summed E-state index contributed by atoms with van der Waals surface area (Å²) in [6.45, 7) is 0.473. The summed E-state index contributed by atoms with van der Waals surface area (Å²) in [4.78, 5) is 30.0. The third-order valence-corrected chi connectivity index (χ3v) is 6.67. The van der Waals surface area contributed by atoms with Crippen LogP contribution in [0.2, 0.25) is 0 Å². The number of rotatable bonds is 7. The predicted molar refractivity (Wildman–Crippen MR) is 128 cm³/mol. The Hall–Kier alpha value is -2.93. The van der Waals surface area contributed by atoms with Crippen LogP contribution in [-0.2, 0) is 16.1 Å². The minimum atomic E-state index is -0.602. The number of nitrogens with zero attached hydrogens (tertiary/aromatic N) is 2. The van der Waals surface area contributed by atoms with E-state index < -0.39 is 6.04 Å².